The van der Waals surface area contributed by atoms with E-state index < -0.39 is 0 Å². The Kier molecular flexibility index (Phi) is 6.89. The highest BCUT2D eigenvalue weighted by molar-refractivity contribution is 6.05. The molecule has 1 saturated heterocycles. The van der Waals surface area contributed by atoms with Crippen molar-refractivity contribution in [1.82, 2.24) is 20.6 Å². The summed E-state index contributed by atoms with van der Waals surface area (Å²) in [4.78, 5) is 39.0. The van der Waals surface area contributed by atoms with Gasteiger partial charge in [-0.2, -0.15) is 4.98 Å². The molecule has 180 valence electrons. The zero-order valence-electron chi connectivity index (χ0n) is 19.6. The van der Waals surface area contributed by atoms with Gasteiger partial charge in [0, 0.05) is 61.9 Å². The number of aryl methyl sites for hydroxylation is 1. The van der Waals surface area contributed by atoms with Crippen LogP contribution in [0.3, 0.4) is 0 Å². The minimum Gasteiger partial charge on any atom is -0.369 e. The molecule has 0 unspecified atom stereocenters. The SMILES string of the molecule is O=C1CC(=O)N(C2CCCC2)c2nc(Nc3ccc(N4CCNCC4)cc3)ncc2CCCN1. The second-order valence-electron chi connectivity index (χ2n) is 9.28. The van der Waals surface area contributed by atoms with E-state index in [-0.39, 0.29) is 24.3 Å². The lowest BCUT2D eigenvalue weighted by molar-refractivity contribution is -0.128. The van der Waals surface area contributed by atoms with Crippen LogP contribution in [-0.4, -0.2) is 60.5 Å². The van der Waals surface area contributed by atoms with Gasteiger partial charge in [-0.3, -0.25) is 14.5 Å². The lowest BCUT2D eigenvalue weighted by atomic mass is 10.1. The third-order valence-electron chi connectivity index (χ3n) is 6.89. The van der Waals surface area contributed by atoms with Crippen LogP contribution in [0.1, 0.15) is 44.1 Å². The number of benzene rings is 1. The van der Waals surface area contributed by atoms with Crippen LogP contribution >= 0.6 is 0 Å². The third kappa shape index (κ3) is 5.14. The summed E-state index contributed by atoms with van der Waals surface area (Å²) < 4.78 is 0. The number of carbonyl (C=O) groups is 2. The normalized spacial score (nSPS) is 20.1. The largest absolute Gasteiger partial charge is 0.369 e. The molecule has 0 spiro atoms. The molecule has 1 aromatic heterocycles. The van der Waals surface area contributed by atoms with E-state index in [4.69, 9.17) is 4.98 Å². The van der Waals surface area contributed by atoms with Crippen LogP contribution in [-0.2, 0) is 16.0 Å². The van der Waals surface area contributed by atoms with E-state index in [1.54, 1.807) is 4.90 Å². The smallest absolute Gasteiger partial charge is 0.237 e. The summed E-state index contributed by atoms with van der Waals surface area (Å²) in [5, 5.41) is 9.54. The number of nitrogens with zero attached hydrogens (tertiary/aromatic N) is 4. The van der Waals surface area contributed by atoms with Crippen LogP contribution in [0.25, 0.3) is 0 Å². The summed E-state index contributed by atoms with van der Waals surface area (Å²) in [5.74, 6) is 0.721. The number of hydrogen-bond donors (Lipinski definition) is 3. The highest BCUT2D eigenvalue weighted by Gasteiger charge is 2.32. The highest BCUT2D eigenvalue weighted by atomic mass is 16.2. The van der Waals surface area contributed by atoms with Crippen LogP contribution in [0, 0.1) is 0 Å². The summed E-state index contributed by atoms with van der Waals surface area (Å²) >= 11 is 0. The van der Waals surface area contributed by atoms with Crippen LogP contribution in [0.15, 0.2) is 30.5 Å². The van der Waals surface area contributed by atoms with E-state index in [0.29, 0.717) is 24.7 Å². The number of anilines is 4. The molecule has 2 amide bonds. The predicted molar refractivity (Wildman–Crippen MR) is 133 cm³/mol. The Hall–Kier alpha value is -3.20. The Morgan fingerprint density at radius 3 is 2.50 bits per heavy atom. The minimum absolute atomic E-state index is 0.0829. The fraction of sp³-hybridized carbons (Fsp3) is 0.520. The Bertz CT molecular complexity index is 1010. The van der Waals surface area contributed by atoms with E-state index in [0.717, 1.165) is 69.5 Å². The molecule has 0 radical (unpaired) electrons. The number of nitrogens with one attached hydrogen (secondary N) is 3. The van der Waals surface area contributed by atoms with Crippen molar-refractivity contribution in [2.75, 3.05) is 47.8 Å². The quantitative estimate of drug-likeness (QED) is 0.598. The Morgan fingerprint density at radius 2 is 1.74 bits per heavy atom. The van der Waals surface area contributed by atoms with Crippen molar-refractivity contribution in [3.8, 4) is 0 Å². The van der Waals surface area contributed by atoms with Crippen molar-refractivity contribution < 1.29 is 9.59 Å². The number of piperazine rings is 1. The van der Waals surface area contributed by atoms with Gasteiger partial charge >= 0.3 is 0 Å². The number of hydrogen-bond acceptors (Lipinski definition) is 7. The van der Waals surface area contributed by atoms with Crippen LogP contribution in [0.2, 0.25) is 0 Å². The predicted octanol–water partition coefficient (Wildman–Crippen LogP) is 2.36. The molecule has 3 aliphatic rings. The van der Waals surface area contributed by atoms with Crippen LogP contribution in [0.4, 0.5) is 23.1 Å². The average molecular weight is 464 g/mol. The van der Waals surface area contributed by atoms with Gasteiger partial charge in [0.1, 0.15) is 12.2 Å². The maximum Gasteiger partial charge on any atom is 0.237 e. The van der Waals surface area contributed by atoms with Gasteiger partial charge in [0.05, 0.1) is 0 Å². The second kappa shape index (κ2) is 10.4. The zero-order chi connectivity index (χ0) is 23.3. The maximum absolute atomic E-state index is 13.2. The van der Waals surface area contributed by atoms with Crippen molar-refractivity contribution in [3.05, 3.63) is 36.0 Å². The van der Waals surface area contributed by atoms with Crippen molar-refractivity contribution in [2.45, 2.75) is 51.0 Å². The molecule has 2 aliphatic heterocycles. The van der Waals surface area contributed by atoms with Gasteiger partial charge in [-0.05, 0) is 49.9 Å². The van der Waals surface area contributed by atoms with E-state index in [2.05, 4.69) is 38.0 Å². The molecule has 5 rings (SSSR count). The highest BCUT2D eigenvalue weighted by Crippen LogP contribution is 2.32. The van der Waals surface area contributed by atoms with Crippen molar-refractivity contribution >= 4 is 35.0 Å². The summed E-state index contributed by atoms with van der Waals surface area (Å²) in [6.07, 6.45) is 7.24. The van der Waals surface area contributed by atoms with Gasteiger partial charge in [0.15, 0.2) is 0 Å². The first-order valence-corrected chi connectivity index (χ1v) is 12.4. The summed E-state index contributed by atoms with van der Waals surface area (Å²) in [6.45, 7) is 4.56. The molecule has 2 aromatic rings. The first-order valence-electron chi connectivity index (χ1n) is 12.4. The van der Waals surface area contributed by atoms with E-state index in [1.165, 1.54) is 5.69 Å². The third-order valence-corrected chi connectivity index (χ3v) is 6.89. The molecular weight excluding hydrogens is 430 g/mol. The molecule has 1 aliphatic carbocycles. The number of fused-ring (bicyclic) bond motifs is 1. The van der Waals surface area contributed by atoms with Gasteiger partial charge in [-0.25, -0.2) is 4.98 Å². The molecule has 0 atom stereocenters. The molecule has 34 heavy (non-hydrogen) atoms. The van der Waals surface area contributed by atoms with Crippen LogP contribution < -0.4 is 25.8 Å². The lowest BCUT2D eigenvalue weighted by Gasteiger charge is -2.30. The van der Waals surface area contributed by atoms with Gasteiger partial charge in [-0.1, -0.05) is 12.8 Å². The molecule has 3 heterocycles. The monoisotopic (exact) mass is 463 g/mol. The Balaban J connectivity index is 1.40. The van der Waals surface area contributed by atoms with Gasteiger partial charge < -0.3 is 20.9 Å². The molecule has 0 bridgehead atoms. The zero-order valence-corrected chi connectivity index (χ0v) is 19.6. The van der Waals surface area contributed by atoms with Gasteiger partial charge in [-0.15, -0.1) is 0 Å². The fourth-order valence-electron chi connectivity index (χ4n) is 5.10. The molecule has 1 saturated carbocycles. The second-order valence-corrected chi connectivity index (χ2v) is 9.28. The number of rotatable bonds is 4. The summed E-state index contributed by atoms with van der Waals surface area (Å²) in [7, 11) is 0. The molecule has 2 fully saturated rings. The van der Waals surface area contributed by atoms with E-state index in [1.807, 2.05) is 18.3 Å². The Labute approximate surface area is 200 Å². The maximum atomic E-state index is 13.2. The van der Waals surface area contributed by atoms with E-state index >= 15 is 0 Å². The molecule has 1 aromatic carbocycles. The number of amides is 2. The summed E-state index contributed by atoms with van der Waals surface area (Å²) in [6, 6.07) is 8.39. The first kappa shape index (κ1) is 22.6. The topological polar surface area (TPSA) is 102 Å². The molecule has 3 N–H and O–H groups in total. The molecule has 9 heteroatoms. The van der Waals surface area contributed by atoms with Crippen molar-refractivity contribution in [3.63, 3.8) is 0 Å². The minimum atomic E-state index is -0.214. The van der Waals surface area contributed by atoms with E-state index in [9.17, 15) is 9.59 Å². The lowest BCUT2D eigenvalue weighted by Crippen LogP contribution is -2.43. The molecule has 9 nitrogen and oxygen atoms in total. The summed E-state index contributed by atoms with van der Waals surface area (Å²) in [5.41, 5.74) is 3.06. The van der Waals surface area contributed by atoms with Crippen molar-refractivity contribution in [2.24, 2.45) is 0 Å². The standard InChI is InChI=1S/C25H33N7O2/c33-22-16-23(34)32(21-5-1-2-6-21)24-18(4-3-11-27-22)17-28-25(30-24)29-19-7-9-20(10-8-19)31-14-12-26-13-15-31/h7-10,17,21,26H,1-6,11-16H2,(H,27,33)(H,28,29,30). The van der Waals surface area contributed by atoms with Crippen molar-refractivity contribution in [1.29, 1.82) is 0 Å². The number of aromatic nitrogens is 2. The average Bonchev–Trinajstić information content (AvgIpc) is 3.38. The van der Waals surface area contributed by atoms with Gasteiger partial charge in [0.25, 0.3) is 0 Å². The van der Waals surface area contributed by atoms with Gasteiger partial charge in [0.2, 0.25) is 17.8 Å². The first-order chi connectivity index (χ1) is 16.7. The van der Waals surface area contributed by atoms with Crippen LogP contribution in [0.5, 0.6) is 0 Å². The Morgan fingerprint density at radius 1 is 0.971 bits per heavy atom. The molecular formula is C25H33N7O2. The fourth-order valence-corrected chi connectivity index (χ4v) is 5.10. The number of carbonyl (C=O) groups excluding carboxylic acids is 2.